The third-order valence-electron chi connectivity index (χ3n) is 5.90. The second-order valence-corrected chi connectivity index (χ2v) is 10.6. The lowest BCUT2D eigenvalue weighted by atomic mass is 10.1. The molecule has 0 aliphatic rings. The van der Waals surface area contributed by atoms with E-state index in [0.29, 0.717) is 26.4 Å². The van der Waals surface area contributed by atoms with Crippen LogP contribution in [0.4, 0.5) is 13.2 Å². The first kappa shape index (κ1) is 29.5. The SMILES string of the molecule is CNC(=O)c1ccc(CNC(=O)c2ccc(C(=O)NN=C(C)c3csc(-c4ccc(C(F)(F)F)cc4)c3O)s2)cc1. The van der Waals surface area contributed by atoms with Crippen molar-refractivity contribution in [1.29, 1.82) is 0 Å². The van der Waals surface area contributed by atoms with Gasteiger partial charge in [-0.1, -0.05) is 24.3 Å². The molecule has 212 valence electrons. The molecule has 3 amide bonds. The van der Waals surface area contributed by atoms with Gasteiger partial charge in [-0.2, -0.15) is 18.3 Å². The van der Waals surface area contributed by atoms with Gasteiger partial charge in [0.2, 0.25) is 0 Å². The summed E-state index contributed by atoms with van der Waals surface area (Å²) >= 11 is 2.10. The van der Waals surface area contributed by atoms with Crippen LogP contribution in [0.25, 0.3) is 10.4 Å². The van der Waals surface area contributed by atoms with Crippen molar-refractivity contribution in [3.63, 3.8) is 0 Å². The second-order valence-electron chi connectivity index (χ2n) is 8.66. The Hall–Kier alpha value is -4.49. The molecular formula is C28H23F3N4O4S2. The molecule has 0 bridgehead atoms. The minimum absolute atomic E-state index is 0.163. The molecule has 2 aromatic carbocycles. The summed E-state index contributed by atoms with van der Waals surface area (Å²) < 4.78 is 38.5. The molecule has 0 unspecified atom stereocenters. The van der Waals surface area contributed by atoms with E-state index in [4.69, 9.17) is 0 Å². The summed E-state index contributed by atoms with van der Waals surface area (Å²) in [5, 5.41) is 21.6. The first-order chi connectivity index (χ1) is 19.5. The third kappa shape index (κ3) is 6.99. The average molecular weight is 601 g/mol. The highest BCUT2D eigenvalue weighted by molar-refractivity contribution is 7.16. The molecule has 0 fully saturated rings. The quantitative estimate of drug-likeness (QED) is 0.154. The zero-order valence-electron chi connectivity index (χ0n) is 21.6. The predicted molar refractivity (Wildman–Crippen MR) is 151 cm³/mol. The van der Waals surface area contributed by atoms with Crippen molar-refractivity contribution in [3.05, 3.63) is 98.1 Å². The van der Waals surface area contributed by atoms with Crippen LogP contribution < -0.4 is 16.1 Å². The monoisotopic (exact) mass is 600 g/mol. The number of hydrogen-bond donors (Lipinski definition) is 4. The van der Waals surface area contributed by atoms with Crippen LogP contribution in [-0.2, 0) is 12.7 Å². The van der Waals surface area contributed by atoms with E-state index in [9.17, 15) is 32.7 Å². The van der Waals surface area contributed by atoms with Crippen LogP contribution in [0.1, 0.15) is 53.3 Å². The van der Waals surface area contributed by atoms with Crippen molar-refractivity contribution in [2.24, 2.45) is 5.10 Å². The van der Waals surface area contributed by atoms with Crippen LogP contribution in [0, 0.1) is 0 Å². The maximum absolute atomic E-state index is 12.8. The van der Waals surface area contributed by atoms with Gasteiger partial charge in [0.15, 0.2) is 0 Å². The lowest BCUT2D eigenvalue weighted by molar-refractivity contribution is -0.137. The minimum atomic E-state index is -4.46. The summed E-state index contributed by atoms with van der Waals surface area (Å²) in [6, 6.07) is 14.2. The first-order valence-corrected chi connectivity index (χ1v) is 13.7. The van der Waals surface area contributed by atoms with Gasteiger partial charge < -0.3 is 15.7 Å². The number of thiophene rings is 2. The molecule has 13 heteroatoms. The Morgan fingerprint density at radius 1 is 0.902 bits per heavy atom. The van der Waals surface area contributed by atoms with Crippen LogP contribution in [-0.4, -0.2) is 35.6 Å². The molecule has 8 nitrogen and oxygen atoms in total. The highest BCUT2D eigenvalue weighted by Crippen LogP contribution is 2.40. The molecule has 0 spiro atoms. The fourth-order valence-corrected chi connectivity index (χ4v) is 5.47. The summed E-state index contributed by atoms with van der Waals surface area (Å²) in [7, 11) is 1.54. The van der Waals surface area contributed by atoms with E-state index < -0.39 is 17.6 Å². The van der Waals surface area contributed by atoms with E-state index >= 15 is 0 Å². The van der Waals surface area contributed by atoms with Crippen molar-refractivity contribution >= 4 is 46.1 Å². The molecule has 4 rings (SSSR count). The van der Waals surface area contributed by atoms with E-state index in [1.807, 2.05) is 0 Å². The summed E-state index contributed by atoms with van der Waals surface area (Å²) in [5.41, 5.74) is 3.91. The van der Waals surface area contributed by atoms with Crippen LogP contribution in [0.5, 0.6) is 5.75 Å². The predicted octanol–water partition coefficient (Wildman–Crippen LogP) is 5.64. The Kier molecular flexibility index (Phi) is 8.89. The van der Waals surface area contributed by atoms with Crippen LogP contribution >= 0.6 is 22.7 Å². The zero-order chi connectivity index (χ0) is 29.7. The molecule has 4 N–H and O–H groups in total. The van der Waals surface area contributed by atoms with Gasteiger partial charge in [-0.3, -0.25) is 14.4 Å². The van der Waals surface area contributed by atoms with Gasteiger partial charge in [0, 0.05) is 24.5 Å². The standard InChI is InChI=1S/C28H23F3N4O4S2/c1-15(20-14-40-24(23(20)36)17-7-9-19(10-8-17)28(29,30)31)34-35-27(39)22-12-11-21(41-22)26(38)33-13-16-3-5-18(6-4-16)25(37)32-2/h3-12,14,36H,13H2,1-2H3,(H,32,37)(H,33,38)(H,35,39). The number of halogens is 3. The number of rotatable bonds is 8. The molecule has 0 saturated carbocycles. The van der Waals surface area contributed by atoms with Crippen molar-refractivity contribution < 1.29 is 32.7 Å². The van der Waals surface area contributed by atoms with Crippen LogP contribution in [0.2, 0.25) is 0 Å². The number of hydrogen-bond acceptors (Lipinski definition) is 7. The fraction of sp³-hybridized carbons (Fsp3) is 0.143. The summed E-state index contributed by atoms with van der Waals surface area (Å²) in [4.78, 5) is 37.7. The third-order valence-corrected chi connectivity index (χ3v) is 8.01. The van der Waals surface area contributed by atoms with Gasteiger partial charge >= 0.3 is 6.18 Å². The lowest BCUT2D eigenvalue weighted by Gasteiger charge is -2.07. The molecule has 2 aromatic heterocycles. The normalized spacial score (nSPS) is 11.7. The minimum Gasteiger partial charge on any atom is -0.506 e. The number of amides is 3. The van der Waals surface area contributed by atoms with Gasteiger partial charge in [-0.05, 0) is 54.4 Å². The molecule has 4 aromatic rings. The van der Waals surface area contributed by atoms with E-state index in [2.05, 4.69) is 21.2 Å². The maximum atomic E-state index is 12.8. The number of nitrogens with zero attached hydrogens (tertiary/aromatic N) is 1. The largest absolute Gasteiger partial charge is 0.506 e. The molecule has 41 heavy (non-hydrogen) atoms. The Labute approximate surface area is 240 Å². The van der Waals surface area contributed by atoms with Gasteiger partial charge in [-0.15, -0.1) is 22.7 Å². The lowest BCUT2D eigenvalue weighted by Crippen LogP contribution is -2.22. The van der Waals surface area contributed by atoms with Crippen molar-refractivity contribution in [2.75, 3.05) is 7.05 Å². The van der Waals surface area contributed by atoms with E-state index in [1.165, 1.54) is 24.3 Å². The molecule has 0 atom stereocenters. The highest BCUT2D eigenvalue weighted by Gasteiger charge is 2.30. The van der Waals surface area contributed by atoms with Crippen LogP contribution in [0.15, 0.2) is 71.1 Å². The number of nitrogens with one attached hydrogen (secondary N) is 3. The Balaban J connectivity index is 1.35. The molecule has 0 aliphatic carbocycles. The van der Waals surface area contributed by atoms with E-state index in [0.717, 1.165) is 40.4 Å². The summed E-state index contributed by atoms with van der Waals surface area (Å²) in [6.07, 6.45) is -4.46. The number of carbonyl (C=O) groups is 3. The molecule has 0 radical (unpaired) electrons. The van der Waals surface area contributed by atoms with Crippen molar-refractivity contribution in [3.8, 4) is 16.2 Å². The van der Waals surface area contributed by atoms with E-state index in [1.54, 1.807) is 43.6 Å². The number of carbonyl (C=O) groups excluding carboxylic acids is 3. The smallest absolute Gasteiger partial charge is 0.416 e. The van der Waals surface area contributed by atoms with Gasteiger partial charge in [0.05, 0.1) is 31.5 Å². The molecule has 2 heterocycles. The van der Waals surface area contributed by atoms with Crippen molar-refractivity contribution in [1.82, 2.24) is 16.1 Å². The second kappa shape index (κ2) is 12.4. The Morgan fingerprint density at radius 2 is 1.54 bits per heavy atom. The van der Waals surface area contributed by atoms with Gasteiger partial charge in [-0.25, -0.2) is 5.43 Å². The topological polar surface area (TPSA) is 120 Å². The highest BCUT2D eigenvalue weighted by atomic mass is 32.1. The van der Waals surface area contributed by atoms with Crippen LogP contribution in [0.3, 0.4) is 0 Å². The molecule has 0 saturated heterocycles. The number of aromatic hydroxyl groups is 1. The Morgan fingerprint density at radius 3 is 2.15 bits per heavy atom. The number of benzene rings is 2. The Bertz CT molecular complexity index is 1610. The first-order valence-electron chi connectivity index (χ1n) is 12.0. The maximum Gasteiger partial charge on any atom is 0.416 e. The summed E-state index contributed by atoms with van der Waals surface area (Å²) in [5.74, 6) is -1.30. The molecular weight excluding hydrogens is 577 g/mol. The summed E-state index contributed by atoms with van der Waals surface area (Å²) in [6.45, 7) is 1.79. The number of hydrazone groups is 1. The van der Waals surface area contributed by atoms with Gasteiger partial charge in [0.1, 0.15) is 5.75 Å². The molecule has 0 aliphatic heterocycles. The van der Waals surface area contributed by atoms with E-state index in [-0.39, 0.29) is 34.7 Å². The van der Waals surface area contributed by atoms with Gasteiger partial charge in [0.25, 0.3) is 17.7 Å². The number of alkyl halides is 3. The fourth-order valence-electron chi connectivity index (χ4n) is 3.64. The average Bonchev–Trinajstić information content (AvgIpc) is 3.61. The zero-order valence-corrected chi connectivity index (χ0v) is 23.3. The van der Waals surface area contributed by atoms with Crippen molar-refractivity contribution in [2.45, 2.75) is 19.6 Å².